The zero-order chi connectivity index (χ0) is 22.6. The Morgan fingerprint density at radius 1 is 1.25 bits per heavy atom. The van der Waals surface area contributed by atoms with Crippen LogP contribution in [0.1, 0.15) is 24.1 Å². The summed E-state index contributed by atoms with van der Waals surface area (Å²) in [7, 11) is 1.57. The Balaban J connectivity index is 1.44. The lowest BCUT2D eigenvalue weighted by Gasteiger charge is -2.27. The monoisotopic (exact) mass is 437 g/mol. The molecule has 2 aromatic carbocycles. The van der Waals surface area contributed by atoms with Crippen molar-refractivity contribution in [2.75, 3.05) is 20.3 Å². The zero-order valence-corrected chi connectivity index (χ0v) is 18.4. The number of carbonyl (C=O) groups is 1. The molecule has 1 N–H and O–H groups in total. The second kappa shape index (κ2) is 9.53. The van der Waals surface area contributed by atoms with Gasteiger partial charge in [0.2, 0.25) is 0 Å². The molecule has 1 aliphatic heterocycles. The van der Waals surface area contributed by atoms with E-state index >= 15 is 0 Å². The largest absolute Gasteiger partial charge is 0.496 e. The third-order valence-electron chi connectivity index (χ3n) is 5.83. The van der Waals surface area contributed by atoms with Gasteiger partial charge in [-0.05, 0) is 55.2 Å². The van der Waals surface area contributed by atoms with Crippen LogP contribution in [-0.4, -0.2) is 41.6 Å². The molecule has 0 spiro atoms. The molecule has 0 bridgehead atoms. The Hall–Kier alpha value is -3.19. The molecule has 0 unspecified atom stereocenters. The van der Waals surface area contributed by atoms with E-state index in [0.29, 0.717) is 43.9 Å². The SMILES string of the molecule is COc1ccc(F)cc1-c1ccc(C[C@@]2(C(=O)NCCn3ccc(C)n3)CCCO2)cc1. The van der Waals surface area contributed by atoms with Crippen molar-refractivity contribution in [3.63, 3.8) is 0 Å². The highest BCUT2D eigenvalue weighted by atomic mass is 19.1. The van der Waals surface area contributed by atoms with E-state index in [0.717, 1.165) is 23.2 Å². The van der Waals surface area contributed by atoms with Gasteiger partial charge in [0.25, 0.3) is 5.91 Å². The van der Waals surface area contributed by atoms with Crippen LogP contribution in [0.15, 0.2) is 54.7 Å². The maximum Gasteiger partial charge on any atom is 0.252 e. The molecular formula is C25H28FN3O3. The molecule has 7 heteroatoms. The van der Waals surface area contributed by atoms with Crippen molar-refractivity contribution < 1.29 is 18.7 Å². The van der Waals surface area contributed by atoms with Crippen LogP contribution in [0.4, 0.5) is 4.39 Å². The van der Waals surface area contributed by atoms with Crippen molar-refractivity contribution in [1.82, 2.24) is 15.1 Å². The molecule has 1 aliphatic rings. The van der Waals surface area contributed by atoms with Crippen LogP contribution >= 0.6 is 0 Å². The lowest BCUT2D eigenvalue weighted by Crippen LogP contribution is -2.48. The van der Waals surface area contributed by atoms with E-state index in [2.05, 4.69) is 10.4 Å². The molecule has 32 heavy (non-hydrogen) atoms. The molecule has 1 saturated heterocycles. The summed E-state index contributed by atoms with van der Waals surface area (Å²) in [6, 6.07) is 14.2. The summed E-state index contributed by atoms with van der Waals surface area (Å²) in [6.45, 7) is 3.61. The number of ether oxygens (including phenoxy) is 2. The third kappa shape index (κ3) is 4.83. The standard InChI is InChI=1S/C25H28FN3O3/c1-18-10-13-29(28-18)14-12-27-24(30)25(11-3-15-32-25)17-19-4-6-20(7-5-19)22-16-21(26)8-9-23(22)31-2/h4-10,13,16H,3,11-12,14-15,17H2,1-2H3,(H,27,30)/t25-/m1/s1. The van der Waals surface area contributed by atoms with Gasteiger partial charge in [-0.15, -0.1) is 0 Å². The first kappa shape index (κ1) is 22.0. The van der Waals surface area contributed by atoms with Crippen LogP contribution in [0.3, 0.4) is 0 Å². The fraction of sp³-hybridized carbons (Fsp3) is 0.360. The molecule has 0 saturated carbocycles. The normalized spacial score (nSPS) is 18.0. The van der Waals surface area contributed by atoms with Crippen LogP contribution in [0.2, 0.25) is 0 Å². The average Bonchev–Trinajstić information content (AvgIpc) is 3.44. The number of carbonyl (C=O) groups excluding carboxylic acids is 1. The molecule has 1 amide bonds. The van der Waals surface area contributed by atoms with Gasteiger partial charge in [-0.1, -0.05) is 24.3 Å². The van der Waals surface area contributed by atoms with E-state index in [-0.39, 0.29) is 11.7 Å². The number of benzene rings is 2. The number of nitrogens with zero attached hydrogens (tertiary/aromatic N) is 2. The second-order valence-corrected chi connectivity index (χ2v) is 8.14. The van der Waals surface area contributed by atoms with Crippen LogP contribution in [0, 0.1) is 12.7 Å². The summed E-state index contributed by atoms with van der Waals surface area (Å²) in [5.74, 6) is 0.210. The molecular weight excluding hydrogens is 409 g/mol. The molecule has 168 valence electrons. The summed E-state index contributed by atoms with van der Waals surface area (Å²) in [5.41, 5.74) is 2.62. The highest BCUT2D eigenvalue weighted by molar-refractivity contribution is 5.86. The van der Waals surface area contributed by atoms with Crippen LogP contribution in [-0.2, 0) is 22.5 Å². The Morgan fingerprint density at radius 2 is 2.06 bits per heavy atom. The Bertz CT molecular complexity index is 1070. The highest BCUT2D eigenvalue weighted by Crippen LogP contribution is 2.33. The smallest absolute Gasteiger partial charge is 0.252 e. The number of hydrogen-bond donors (Lipinski definition) is 1. The van der Waals surface area contributed by atoms with Crippen molar-refractivity contribution in [1.29, 1.82) is 0 Å². The lowest BCUT2D eigenvalue weighted by molar-refractivity contribution is -0.141. The van der Waals surface area contributed by atoms with Gasteiger partial charge in [0, 0.05) is 31.3 Å². The Kier molecular flexibility index (Phi) is 6.55. The number of methoxy groups -OCH3 is 1. The van der Waals surface area contributed by atoms with Gasteiger partial charge in [-0.3, -0.25) is 9.48 Å². The van der Waals surface area contributed by atoms with Crippen LogP contribution < -0.4 is 10.1 Å². The summed E-state index contributed by atoms with van der Waals surface area (Å²) in [5, 5.41) is 7.36. The number of amides is 1. The highest BCUT2D eigenvalue weighted by Gasteiger charge is 2.42. The van der Waals surface area contributed by atoms with E-state index in [1.54, 1.807) is 13.2 Å². The second-order valence-electron chi connectivity index (χ2n) is 8.14. The molecule has 0 aliphatic carbocycles. The number of aromatic nitrogens is 2. The minimum absolute atomic E-state index is 0.0882. The maximum absolute atomic E-state index is 13.7. The van der Waals surface area contributed by atoms with Crippen LogP contribution in [0.5, 0.6) is 5.75 Å². The molecule has 6 nitrogen and oxygen atoms in total. The topological polar surface area (TPSA) is 65.4 Å². The summed E-state index contributed by atoms with van der Waals surface area (Å²) in [4.78, 5) is 13.1. The van der Waals surface area contributed by atoms with Gasteiger partial charge in [0.05, 0.1) is 19.3 Å². The number of aryl methyl sites for hydroxylation is 1. The fourth-order valence-corrected chi connectivity index (χ4v) is 4.17. The first-order chi connectivity index (χ1) is 15.5. The lowest BCUT2D eigenvalue weighted by atomic mass is 9.89. The molecule has 0 radical (unpaired) electrons. The summed E-state index contributed by atoms with van der Waals surface area (Å²) >= 11 is 0. The van der Waals surface area contributed by atoms with E-state index in [9.17, 15) is 9.18 Å². The number of hydrogen-bond acceptors (Lipinski definition) is 4. The molecule has 4 rings (SSSR count). The number of nitrogens with one attached hydrogen (secondary N) is 1. The maximum atomic E-state index is 13.7. The van der Waals surface area contributed by atoms with E-state index in [4.69, 9.17) is 9.47 Å². The molecule has 1 atom stereocenters. The third-order valence-corrected chi connectivity index (χ3v) is 5.83. The van der Waals surface area contributed by atoms with Gasteiger partial charge in [-0.2, -0.15) is 5.10 Å². The van der Waals surface area contributed by atoms with Gasteiger partial charge in [0.1, 0.15) is 11.6 Å². The Labute approximate surface area is 187 Å². The molecule has 1 fully saturated rings. The van der Waals surface area contributed by atoms with Crippen LogP contribution in [0.25, 0.3) is 11.1 Å². The summed E-state index contributed by atoms with van der Waals surface area (Å²) in [6.07, 6.45) is 3.92. The minimum atomic E-state index is -0.863. The van der Waals surface area contributed by atoms with Crippen molar-refractivity contribution in [2.24, 2.45) is 0 Å². The van der Waals surface area contributed by atoms with E-state index in [1.165, 1.54) is 12.1 Å². The van der Waals surface area contributed by atoms with Crippen molar-refractivity contribution in [2.45, 2.75) is 38.3 Å². The van der Waals surface area contributed by atoms with Crippen molar-refractivity contribution >= 4 is 5.91 Å². The fourth-order valence-electron chi connectivity index (χ4n) is 4.17. The van der Waals surface area contributed by atoms with E-state index in [1.807, 2.05) is 48.1 Å². The van der Waals surface area contributed by atoms with Gasteiger partial charge >= 0.3 is 0 Å². The van der Waals surface area contributed by atoms with Crippen molar-refractivity contribution in [3.8, 4) is 16.9 Å². The predicted molar refractivity (Wildman–Crippen MR) is 120 cm³/mol. The van der Waals surface area contributed by atoms with E-state index < -0.39 is 5.60 Å². The predicted octanol–water partition coefficient (Wildman–Crippen LogP) is 3.91. The Morgan fingerprint density at radius 3 is 2.72 bits per heavy atom. The van der Waals surface area contributed by atoms with Crippen molar-refractivity contribution in [3.05, 3.63) is 71.8 Å². The van der Waals surface area contributed by atoms with Gasteiger partial charge < -0.3 is 14.8 Å². The first-order valence-corrected chi connectivity index (χ1v) is 10.8. The summed E-state index contributed by atoms with van der Waals surface area (Å²) < 4.78 is 26.9. The number of halogens is 1. The molecule has 3 aromatic rings. The average molecular weight is 438 g/mol. The zero-order valence-electron chi connectivity index (χ0n) is 18.4. The quantitative estimate of drug-likeness (QED) is 0.580. The first-order valence-electron chi connectivity index (χ1n) is 10.8. The van der Waals surface area contributed by atoms with Gasteiger partial charge in [-0.25, -0.2) is 4.39 Å². The molecule has 2 heterocycles. The minimum Gasteiger partial charge on any atom is -0.496 e. The number of rotatable bonds is 8. The molecule has 1 aromatic heterocycles. The van der Waals surface area contributed by atoms with Gasteiger partial charge in [0.15, 0.2) is 5.60 Å².